The van der Waals surface area contributed by atoms with E-state index in [9.17, 15) is 8.42 Å². The normalized spacial score (nSPS) is 19.0. The molecule has 9 heteroatoms. The summed E-state index contributed by atoms with van der Waals surface area (Å²) < 4.78 is 34.0. The van der Waals surface area contributed by atoms with Crippen molar-refractivity contribution in [3.8, 4) is 0 Å². The van der Waals surface area contributed by atoms with Crippen LogP contribution in [0, 0.1) is 0 Å². The number of nitrogens with zero attached hydrogens (tertiary/aromatic N) is 4. The van der Waals surface area contributed by atoms with Crippen LogP contribution in [0.5, 0.6) is 0 Å². The number of likely N-dealkylation sites (N-methyl/N-ethyl adjacent to an activating group) is 1. The van der Waals surface area contributed by atoms with Crippen molar-refractivity contribution in [2.75, 3.05) is 39.9 Å². The van der Waals surface area contributed by atoms with E-state index in [0.717, 1.165) is 13.1 Å². The molecule has 2 aromatic rings. The number of hydrogen-bond acceptors (Lipinski definition) is 6. The zero-order valence-corrected chi connectivity index (χ0v) is 14.3. The van der Waals surface area contributed by atoms with E-state index in [4.69, 9.17) is 4.74 Å². The van der Waals surface area contributed by atoms with Gasteiger partial charge >= 0.3 is 0 Å². The number of hydrogen-bond donors (Lipinski definition) is 0. The molecule has 0 spiro atoms. The van der Waals surface area contributed by atoms with Gasteiger partial charge in [0.2, 0.25) is 0 Å². The van der Waals surface area contributed by atoms with Crippen LogP contribution in [0.1, 0.15) is 6.92 Å². The lowest BCUT2D eigenvalue weighted by molar-refractivity contribution is 0.0314. The predicted octanol–water partition coefficient (Wildman–Crippen LogP) is 0.737. The van der Waals surface area contributed by atoms with Crippen LogP contribution in [0.3, 0.4) is 0 Å². The monoisotopic (exact) mass is 344 g/mol. The fraction of sp³-hybridized carbons (Fsp3) is 0.615. The van der Waals surface area contributed by atoms with E-state index in [1.165, 1.54) is 21.8 Å². The van der Waals surface area contributed by atoms with E-state index in [0.29, 0.717) is 24.7 Å². The van der Waals surface area contributed by atoms with Crippen LogP contribution in [-0.2, 0) is 14.8 Å². The van der Waals surface area contributed by atoms with Gasteiger partial charge in [0.05, 0.1) is 19.4 Å². The molecule has 122 valence electrons. The van der Waals surface area contributed by atoms with Gasteiger partial charge in [-0.25, -0.2) is 13.4 Å². The van der Waals surface area contributed by atoms with Crippen LogP contribution >= 0.6 is 11.3 Å². The number of sulfonamides is 1. The van der Waals surface area contributed by atoms with E-state index in [2.05, 4.69) is 9.88 Å². The lowest BCUT2D eigenvalue weighted by Crippen LogP contribution is -2.46. The molecule has 22 heavy (non-hydrogen) atoms. The summed E-state index contributed by atoms with van der Waals surface area (Å²) in [7, 11) is -1.93. The maximum absolute atomic E-state index is 12.8. The average Bonchev–Trinajstić information content (AvgIpc) is 3.10. The molecule has 0 bridgehead atoms. The van der Waals surface area contributed by atoms with Crippen molar-refractivity contribution in [3.63, 3.8) is 0 Å². The number of thiazole rings is 1. The molecule has 2 aromatic heterocycles. The molecular formula is C13H20N4O3S2. The van der Waals surface area contributed by atoms with E-state index < -0.39 is 10.0 Å². The second-order valence-corrected chi connectivity index (χ2v) is 8.25. The largest absolute Gasteiger partial charge is 0.379 e. The Morgan fingerprint density at radius 2 is 2.18 bits per heavy atom. The molecule has 0 radical (unpaired) electrons. The summed E-state index contributed by atoms with van der Waals surface area (Å²) in [5.74, 6) is 0. The van der Waals surface area contributed by atoms with Gasteiger partial charge in [0.1, 0.15) is 0 Å². The maximum atomic E-state index is 12.8. The van der Waals surface area contributed by atoms with Gasteiger partial charge in [0, 0.05) is 44.3 Å². The van der Waals surface area contributed by atoms with Crippen molar-refractivity contribution >= 4 is 26.3 Å². The minimum Gasteiger partial charge on any atom is -0.379 e. The van der Waals surface area contributed by atoms with Gasteiger partial charge < -0.3 is 4.74 Å². The van der Waals surface area contributed by atoms with Gasteiger partial charge in [0.15, 0.2) is 9.99 Å². The summed E-state index contributed by atoms with van der Waals surface area (Å²) in [5, 5.41) is 2.05. The Morgan fingerprint density at radius 3 is 2.91 bits per heavy atom. The fourth-order valence-electron chi connectivity index (χ4n) is 2.55. The lowest BCUT2D eigenvalue weighted by atomic mass is 10.3. The van der Waals surface area contributed by atoms with Crippen molar-refractivity contribution in [3.05, 3.63) is 17.8 Å². The van der Waals surface area contributed by atoms with Gasteiger partial charge in [0.25, 0.3) is 10.0 Å². The summed E-state index contributed by atoms with van der Waals surface area (Å²) in [6.45, 7) is 5.74. The summed E-state index contributed by atoms with van der Waals surface area (Å²) in [6, 6.07) is -0.118. The van der Waals surface area contributed by atoms with Crippen LogP contribution in [0.4, 0.5) is 0 Å². The minimum atomic E-state index is -3.56. The van der Waals surface area contributed by atoms with Crippen molar-refractivity contribution < 1.29 is 13.2 Å². The molecule has 3 rings (SSSR count). The number of imidazole rings is 1. The molecule has 1 aliphatic rings. The standard InChI is InChI=1S/C13H20N4O3S2/c1-11(10-16-3-6-20-7-4-16)15(2)22(18,19)12-9-14-13-17(12)5-8-21-13/h5,8-9,11H,3-4,6-7,10H2,1-2H3. The number of fused-ring (bicyclic) bond motifs is 1. The third kappa shape index (κ3) is 2.91. The molecule has 1 fully saturated rings. The molecule has 1 atom stereocenters. The first-order valence-electron chi connectivity index (χ1n) is 7.19. The van der Waals surface area contributed by atoms with Crippen LogP contribution in [0.15, 0.2) is 22.8 Å². The first-order valence-corrected chi connectivity index (χ1v) is 9.51. The summed E-state index contributed by atoms with van der Waals surface area (Å²) in [4.78, 5) is 7.07. The van der Waals surface area contributed by atoms with Crippen LogP contribution < -0.4 is 0 Å². The lowest BCUT2D eigenvalue weighted by Gasteiger charge is -2.32. The molecule has 0 N–H and O–H groups in total. The predicted molar refractivity (Wildman–Crippen MR) is 84.7 cm³/mol. The Morgan fingerprint density at radius 1 is 1.45 bits per heavy atom. The summed E-state index contributed by atoms with van der Waals surface area (Å²) in [6.07, 6.45) is 3.17. The van der Waals surface area contributed by atoms with Crippen molar-refractivity contribution in [1.29, 1.82) is 0 Å². The van der Waals surface area contributed by atoms with E-state index in [1.54, 1.807) is 17.6 Å². The average molecular weight is 344 g/mol. The Balaban J connectivity index is 1.77. The number of ether oxygens (including phenoxy) is 1. The van der Waals surface area contributed by atoms with Crippen LogP contribution in [-0.4, -0.2) is 72.9 Å². The SMILES string of the molecule is CC(CN1CCOCC1)N(C)S(=O)(=O)c1cnc2sccn12. The Bertz CT molecular complexity index is 733. The highest BCUT2D eigenvalue weighted by Crippen LogP contribution is 2.21. The van der Waals surface area contributed by atoms with Gasteiger partial charge in [-0.15, -0.1) is 11.3 Å². The van der Waals surface area contributed by atoms with E-state index in [-0.39, 0.29) is 11.1 Å². The molecule has 1 aliphatic heterocycles. The van der Waals surface area contributed by atoms with E-state index in [1.807, 2.05) is 12.3 Å². The molecule has 0 amide bonds. The highest BCUT2D eigenvalue weighted by molar-refractivity contribution is 7.89. The molecule has 7 nitrogen and oxygen atoms in total. The van der Waals surface area contributed by atoms with Crippen molar-refractivity contribution in [2.24, 2.45) is 0 Å². The van der Waals surface area contributed by atoms with Crippen molar-refractivity contribution in [1.82, 2.24) is 18.6 Å². The molecule has 0 aromatic carbocycles. The van der Waals surface area contributed by atoms with Crippen molar-refractivity contribution in [2.45, 2.75) is 18.0 Å². The Labute approximate surface area is 134 Å². The molecule has 3 heterocycles. The molecule has 0 aliphatic carbocycles. The van der Waals surface area contributed by atoms with Gasteiger partial charge in [-0.1, -0.05) is 0 Å². The van der Waals surface area contributed by atoms with Crippen LogP contribution in [0.2, 0.25) is 0 Å². The van der Waals surface area contributed by atoms with Crippen LogP contribution in [0.25, 0.3) is 4.96 Å². The van der Waals surface area contributed by atoms with Gasteiger partial charge in [-0.3, -0.25) is 9.30 Å². The zero-order chi connectivity index (χ0) is 15.7. The molecule has 1 saturated heterocycles. The maximum Gasteiger partial charge on any atom is 0.260 e. The minimum absolute atomic E-state index is 0.118. The smallest absolute Gasteiger partial charge is 0.260 e. The van der Waals surface area contributed by atoms with Gasteiger partial charge in [-0.05, 0) is 6.92 Å². The van der Waals surface area contributed by atoms with E-state index >= 15 is 0 Å². The second kappa shape index (κ2) is 6.25. The third-order valence-electron chi connectivity index (χ3n) is 4.00. The first kappa shape index (κ1) is 15.9. The molecular weight excluding hydrogens is 324 g/mol. The number of aromatic nitrogens is 2. The summed E-state index contributed by atoms with van der Waals surface area (Å²) >= 11 is 1.42. The highest BCUT2D eigenvalue weighted by Gasteiger charge is 2.29. The third-order valence-corrected chi connectivity index (χ3v) is 6.72. The molecule has 1 unspecified atom stereocenters. The molecule has 0 saturated carbocycles. The highest BCUT2D eigenvalue weighted by atomic mass is 32.2. The zero-order valence-electron chi connectivity index (χ0n) is 12.7. The Hall–Kier alpha value is -1.00. The topological polar surface area (TPSA) is 67.2 Å². The number of morpholine rings is 1. The first-order chi connectivity index (χ1) is 10.5. The second-order valence-electron chi connectivity index (χ2n) is 5.44. The van der Waals surface area contributed by atoms with Gasteiger partial charge in [-0.2, -0.15) is 4.31 Å². The quantitative estimate of drug-likeness (QED) is 0.800. The fourth-order valence-corrected chi connectivity index (χ4v) is 4.72. The summed E-state index contributed by atoms with van der Waals surface area (Å²) in [5.41, 5.74) is 0. The Kier molecular flexibility index (Phi) is 4.51. The number of rotatable bonds is 5.